The normalized spacial score (nSPS) is 11.5. The van der Waals surface area contributed by atoms with Crippen LogP contribution >= 0.6 is 27.5 Å². The number of benzene rings is 1. The maximum Gasteiger partial charge on any atom is 0.184 e. The molecule has 0 spiro atoms. The van der Waals surface area contributed by atoms with Gasteiger partial charge in [-0.15, -0.1) is 0 Å². The van der Waals surface area contributed by atoms with Gasteiger partial charge in [-0.3, -0.25) is 4.98 Å². The van der Waals surface area contributed by atoms with Crippen LogP contribution in [0.1, 0.15) is 5.56 Å². The van der Waals surface area contributed by atoms with Crippen molar-refractivity contribution >= 4 is 43.1 Å². The summed E-state index contributed by atoms with van der Waals surface area (Å²) >= 11 is 9.17. The highest BCUT2D eigenvalue weighted by molar-refractivity contribution is 9.10. The number of nitrogens with two attached hydrogens (primary N) is 1. The van der Waals surface area contributed by atoms with Gasteiger partial charge >= 0.3 is 0 Å². The number of halogens is 2. The van der Waals surface area contributed by atoms with Crippen molar-refractivity contribution in [1.82, 2.24) is 4.98 Å². The average molecular weight is 362 g/mol. The Labute approximate surface area is 124 Å². The summed E-state index contributed by atoms with van der Waals surface area (Å²) < 4.78 is 25.3. The first kappa shape index (κ1) is 14.3. The molecule has 0 aliphatic rings. The summed E-state index contributed by atoms with van der Waals surface area (Å²) in [6, 6.07) is 6.10. The zero-order valence-corrected chi connectivity index (χ0v) is 12.8. The molecule has 0 aliphatic carbocycles. The smallest absolute Gasteiger partial charge is 0.184 e. The Morgan fingerprint density at radius 3 is 2.68 bits per heavy atom. The molecule has 4 nitrogen and oxygen atoms in total. The van der Waals surface area contributed by atoms with Gasteiger partial charge in [-0.05, 0) is 45.8 Å². The van der Waals surface area contributed by atoms with Crippen molar-refractivity contribution in [2.75, 3.05) is 5.73 Å². The van der Waals surface area contributed by atoms with Crippen molar-refractivity contribution in [2.45, 2.75) is 10.6 Å². The van der Waals surface area contributed by atoms with E-state index in [-0.39, 0.29) is 15.7 Å². The number of anilines is 1. The van der Waals surface area contributed by atoms with Crippen molar-refractivity contribution in [3.8, 4) is 0 Å². The van der Waals surface area contributed by atoms with E-state index < -0.39 is 9.84 Å². The lowest BCUT2D eigenvalue weighted by atomic mass is 10.3. The Hall–Kier alpha value is -1.11. The molecule has 0 saturated heterocycles. The van der Waals surface area contributed by atoms with E-state index in [0.29, 0.717) is 11.3 Å². The number of nitrogens with zero attached hydrogens (tertiary/aromatic N) is 1. The van der Waals surface area contributed by atoms with Crippen LogP contribution in [-0.4, -0.2) is 13.4 Å². The highest BCUT2D eigenvalue weighted by atomic mass is 79.9. The summed E-state index contributed by atoms with van der Waals surface area (Å²) in [6.07, 6.45) is 3.09. The Kier molecular flexibility index (Phi) is 4.13. The monoisotopic (exact) mass is 360 g/mol. The molecule has 1 aromatic carbocycles. The summed E-state index contributed by atoms with van der Waals surface area (Å²) in [5.74, 6) is -0.178. The predicted molar refractivity (Wildman–Crippen MR) is 78.7 cm³/mol. The predicted octanol–water partition coefficient (Wildman–Crippen LogP) is 3.05. The number of rotatable bonds is 3. The molecule has 2 rings (SSSR count). The third-order valence-corrected chi connectivity index (χ3v) is 5.01. The van der Waals surface area contributed by atoms with E-state index in [0.717, 1.165) is 4.47 Å². The number of hydrogen-bond donors (Lipinski definition) is 1. The molecular weight excluding hydrogens is 352 g/mol. The third-order valence-electron chi connectivity index (χ3n) is 2.41. The summed E-state index contributed by atoms with van der Waals surface area (Å²) in [7, 11) is -3.56. The van der Waals surface area contributed by atoms with E-state index in [4.69, 9.17) is 17.3 Å². The van der Waals surface area contributed by atoms with Crippen molar-refractivity contribution in [3.05, 3.63) is 51.7 Å². The molecule has 2 N–H and O–H groups in total. The van der Waals surface area contributed by atoms with Gasteiger partial charge in [-0.25, -0.2) is 8.42 Å². The summed E-state index contributed by atoms with van der Waals surface area (Å²) in [5.41, 5.74) is 6.53. The quantitative estimate of drug-likeness (QED) is 0.853. The van der Waals surface area contributed by atoms with E-state index in [1.807, 2.05) is 0 Å². The Morgan fingerprint density at radius 2 is 2.00 bits per heavy atom. The van der Waals surface area contributed by atoms with Gasteiger partial charge in [-0.2, -0.15) is 0 Å². The fourth-order valence-electron chi connectivity index (χ4n) is 1.59. The number of aromatic nitrogens is 1. The minimum absolute atomic E-state index is 0.0362. The topological polar surface area (TPSA) is 73.1 Å². The number of pyridine rings is 1. The Bertz CT molecular complexity index is 719. The summed E-state index contributed by atoms with van der Waals surface area (Å²) in [6.45, 7) is 0. The number of hydrogen-bond acceptors (Lipinski definition) is 4. The van der Waals surface area contributed by atoms with Crippen molar-refractivity contribution in [3.63, 3.8) is 0 Å². The lowest BCUT2D eigenvalue weighted by Gasteiger charge is -2.07. The van der Waals surface area contributed by atoms with Gasteiger partial charge < -0.3 is 5.73 Å². The molecule has 0 fully saturated rings. The van der Waals surface area contributed by atoms with Crippen LogP contribution in [0.3, 0.4) is 0 Å². The van der Waals surface area contributed by atoms with Gasteiger partial charge in [0, 0.05) is 22.6 Å². The van der Waals surface area contributed by atoms with Gasteiger partial charge in [0.05, 0.1) is 15.7 Å². The van der Waals surface area contributed by atoms with Gasteiger partial charge in [-0.1, -0.05) is 11.6 Å². The third kappa shape index (κ3) is 3.46. The number of nitrogen functional groups attached to an aromatic ring is 1. The van der Waals surface area contributed by atoms with E-state index in [1.165, 1.54) is 18.3 Å². The van der Waals surface area contributed by atoms with Gasteiger partial charge in [0.1, 0.15) is 0 Å². The Balaban J connectivity index is 2.40. The van der Waals surface area contributed by atoms with E-state index in [1.54, 1.807) is 18.3 Å². The van der Waals surface area contributed by atoms with E-state index >= 15 is 0 Å². The lowest BCUT2D eigenvalue weighted by molar-refractivity contribution is 0.595. The SMILES string of the molecule is Nc1ccc(Cl)c(S(=O)(=O)Cc2cncc(Br)c2)c1. The van der Waals surface area contributed by atoms with Crippen molar-refractivity contribution < 1.29 is 8.42 Å². The molecule has 2 aromatic rings. The zero-order valence-electron chi connectivity index (χ0n) is 9.68. The van der Waals surface area contributed by atoms with Gasteiger partial charge in [0.15, 0.2) is 9.84 Å². The van der Waals surface area contributed by atoms with Crippen LogP contribution in [0.25, 0.3) is 0 Å². The summed E-state index contributed by atoms with van der Waals surface area (Å²) in [5, 5.41) is 0.164. The van der Waals surface area contributed by atoms with Crippen LogP contribution in [0.15, 0.2) is 46.0 Å². The van der Waals surface area contributed by atoms with Crippen LogP contribution in [0.4, 0.5) is 5.69 Å². The first-order valence-corrected chi connectivity index (χ1v) is 8.08. The second-order valence-corrected chi connectivity index (χ2v) is 7.24. The molecule has 0 amide bonds. The van der Waals surface area contributed by atoms with Crippen LogP contribution < -0.4 is 5.73 Å². The van der Waals surface area contributed by atoms with Crippen LogP contribution in [0, 0.1) is 0 Å². The minimum Gasteiger partial charge on any atom is -0.399 e. The molecule has 19 heavy (non-hydrogen) atoms. The zero-order chi connectivity index (χ0) is 14.0. The first-order chi connectivity index (χ1) is 8.88. The molecule has 1 aromatic heterocycles. The molecule has 0 saturated carbocycles. The fraction of sp³-hybridized carbons (Fsp3) is 0.0833. The fourth-order valence-corrected chi connectivity index (χ4v) is 3.91. The molecule has 0 bridgehead atoms. The van der Waals surface area contributed by atoms with Crippen LogP contribution in [-0.2, 0) is 15.6 Å². The minimum atomic E-state index is -3.56. The van der Waals surface area contributed by atoms with Crippen LogP contribution in [0.2, 0.25) is 5.02 Å². The second-order valence-electron chi connectivity index (χ2n) is 3.96. The van der Waals surface area contributed by atoms with Crippen LogP contribution in [0.5, 0.6) is 0 Å². The largest absolute Gasteiger partial charge is 0.399 e. The highest BCUT2D eigenvalue weighted by Gasteiger charge is 2.19. The average Bonchev–Trinajstić information content (AvgIpc) is 2.31. The molecule has 0 radical (unpaired) electrons. The molecule has 0 aliphatic heterocycles. The molecule has 100 valence electrons. The van der Waals surface area contributed by atoms with E-state index in [9.17, 15) is 8.42 Å². The van der Waals surface area contributed by atoms with Gasteiger partial charge in [0.25, 0.3) is 0 Å². The highest BCUT2D eigenvalue weighted by Crippen LogP contribution is 2.27. The maximum atomic E-state index is 12.3. The number of sulfone groups is 1. The van der Waals surface area contributed by atoms with E-state index in [2.05, 4.69) is 20.9 Å². The standard InChI is InChI=1S/C12H10BrClN2O2S/c13-9-3-8(5-16-6-9)7-19(17,18)12-4-10(15)1-2-11(12)14/h1-6H,7,15H2. The molecule has 0 atom stereocenters. The lowest BCUT2D eigenvalue weighted by Crippen LogP contribution is -2.06. The molecule has 0 unspecified atom stereocenters. The molecular formula is C12H10BrClN2O2S. The van der Waals surface area contributed by atoms with Crippen molar-refractivity contribution in [1.29, 1.82) is 0 Å². The Morgan fingerprint density at radius 1 is 1.26 bits per heavy atom. The molecule has 7 heteroatoms. The molecule has 1 heterocycles. The van der Waals surface area contributed by atoms with Gasteiger partial charge in [0.2, 0.25) is 0 Å². The van der Waals surface area contributed by atoms with Crippen molar-refractivity contribution in [2.24, 2.45) is 0 Å². The first-order valence-electron chi connectivity index (χ1n) is 5.26. The second kappa shape index (κ2) is 5.48. The summed E-state index contributed by atoms with van der Waals surface area (Å²) in [4.78, 5) is 3.97. The maximum absolute atomic E-state index is 12.3.